The van der Waals surface area contributed by atoms with E-state index in [1.165, 1.54) is 5.56 Å². The van der Waals surface area contributed by atoms with Crippen molar-refractivity contribution in [3.63, 3.8) is 0 Å². The number of hydrogen-bond acceptors (Lipinski definition) is 6. The molecule has 6 nitrogen and oxygen atoms in total. The Morgan fingerprint density at radius 2 is 1.63 bits per heavy atom. The summed E-state index contributed by atoms with van der Waals surface area (Å²) < 4.78 is 11.6. The molecule has 0 aliphatic rings. The van der Waals surface area contributed by atoms with Gasteiger partial charge in [0.05, 0.1) is 18.1 Å². The largest absolute Gasteiger partial charge is 0.466 e. The number of ether oxygens (including phenoxy) is 2. The fourth-order valence-electron chi connectivity index (χ4n) is 3.63. The molecule has 1 N–H and O–H groups in total. The van der Waals surface area contributed by atoms with E-state index in [0.29, 0.717) is 29.7 Å². The molecule has 0 spiro atoms. The Hall–Kier alpha value is -2.63. The van der Waals surface area contributed by atoms with Gasteiger partial charge in [0.15, 0.2) is 0 Å². The van der Waals surface area contributed by atoms with Crippen molar-refractivity contribution in [2.45, 2.75) is 80.2 Å². The summed E-state index contributed by atoms with van der Waals surface area (Å²) in [6, 6.07) is 4.39. The quantitative estimate of drug-likeness (QED) is 0.526. The number of benzene rings is 1. The molecule has 0 saturated heterocycles. The highest BCUT2D eigenvalue weighted by atomic mass is 16.5. The highest BCUT2D eigenvalue weighted by Crippen LogP contribution is 2.37. The average Bonchev–Trinajstić information content (AvgIpc) is 2.68. The number of esters is 1. The Balaban J connectivity index is 2.63. The van der Waals surface area contributed by atoms with E-state index in [-0.39, 0.29) is 12.0 Å². The molecule has 0 aliphatic carbocycles. The number of nitrogens with zero attached hydrogens (tertiary/aromatic N) is 2. The van der Waals surface area contributed by atoms with Crippen LogP contribution in [0.15, 0.2) is 12.1 Å². The van der Waals surface area contributed by atoms with Crippen LogP contribution >= 0.6 is 0 Å². The zero-order valence-electron chi connectivity index (χ0n) is 19.5. The van der Waals surface area contributed by atoms with Crippen LogP contribution in [0.2, 0.25) is 0 Å². The number of rotatable bonds is 9. The fourth-order valence-corrected chi connectivity index (χ4v) is 3.63. The predicted molar refractivity (Wildman–Crippen MR) is 121 cm³/mol. The van der Waals surface area contributed by atoms with Crippen molar-refractivity contribution in [1.82, 2.24) is 9.97 Å². The van der Waals surface area contributed by atoms with Crippen LogP contribution in [0.25, 0.3) is 0 Å². The van der Waals surface area contributed by atoms with Crippen LogP contribution in [0.1, 0.15) is 74.5 Å². The molecule has 0 aliphatic heterocycles. The lowest BCUT2D eigenvalue weighted by atomic mass is 10.0. The van der Waals surface area contributed by atoms with Crippen molar-refractivity contribution in [2.75, 3.05) is 11.9 Å². The van der Waals surface area contributed by atoms with Gasteiger partial charge in [-0.05, 0) is 65.5 Å². The predicted octanol–water partition coefficient (Wildman–Crippen LogP) is 5.77. The van der Waals surface area contributed by atoms with E-state index in [1.807, 2.05) is 27.7 Å². The van der Waals surface area contributed by atoms with Crippen molar-refractivity contribution in [3.8, 4) is 11.6 Å². The zero-order valence-corrected chi connectivity index (χ0v) is 19.5. The van der Waals surface area contributed by atoms with Gasteiger partial charge in [0, 0.05) is 6.04 Å². The summed E-state index contributed by atoms with van der Waals surface area (Å²) in [6.07, 6.45) is 1.89. The maximum Gasteiger partial charge on any atom is 0.313 e. The third-order valence-electron chi connectivity index (χ3n) is 5.23. The second-order valence-corrected chi connectivity index (χ2v) is 7.80. The molecule has 0 radical (unpaired) electrons. The minimum atomic E-state index is -0.566. The molecule has 1 aromatic heterocycles. The van der Waals surface area contributed by atoms with Gasteiger partial charge in [-0.15, -0.1) is 0 Å². The molecular formula is C24H35N3O3. The summed E-state index contributed by atoms with van der Waals surface area (Å²) in [6.45, 7) is 16.1. The number of hydrogen-bond donors (Lipinski definition) is 1. The molecule has 0 amide bonds. The average molecular weight is 414 g/mol. The number of anilines is 1. The van der Waals surface area contributed by atoms with Crippen molar-refractivity contribution in [2.24, 2.45) is 0 Å². The number of carbonyl (C=O) groups is 1. The summed E-state index contributed by atoms with van der Waals surface area (Å²) in [5, 5.41) is 3.49. The fraction of sp³-hybridized carbons (Fsp3) is 0.542. The summed E-state index contributed by atoms with van der Waals surface area (Å²) in [4.78, 5) is 21.8. The molecule has 0 saturated carbocycles. The molecule has 6 heteroatoms. The van der Waals surface area contributed by atoms with Gasteiger partial charge in [-0.25, -0.2) is 4.98 Å². The summed E-state index contributed by atoms with van der Waals surface area (Å²) >= 11 is 0. The van der Waals surface area contributed by atoms with Gasteiger partial charge >= 0.3 is 5.97 Å². The van der Waals surface area contributed by atoms with Crippen molar-refractivity contribution >= 4 is 11.8 Å². The van der Waals surface area contributed by atoms with Crippen LogP contribution in [0.3, 0.4) is 0 Å². The molecule has 2 rings (SSSR count). The lowest BCUT2D eigenvalue weighted by Gasteiger charge is -2.23. The first kappa shape index (κ1) is 23.6. The summed E-state index contributed by atoms with van der Waals surface area (Å²) in [5.74, 6) is 1.48. The molecule has 164 valence electrons. The lowest BCUT2D eigenvalue weighted by molar-refractivity contribution is -0.144. The van der Waals surface area contributed by atoms with Crippen LogP contribution in [0, 0.1) is 27.7 Å². The van der Waals surface area contributed by atoms with E-state index in [4.69, 9.17) is 9.47 Å². The first-order valence-corrected chi connectivity index (χ1v) is 10.8. The molecule has 0 fully saturated rings. The van der Waals surface area contributed by atoms with Crippen LogP contribution in [-0.2, 0) is 9.53 Å². The summed E-state index contributed by atoms with van der Waals surface area (Å²) in [7, 11) is 0. The van der Waals surface area contributed by atoms with Crippen LogP contribution < -0.4 is 10.1 Å². The van der Waals surface area contributed by atoms with E-state index < -0.39 is 5.92 Å². The van der Waals surface area contributed by atoms with Crippen molar-refractivity contribution in [1.29, 1.82) is 0 Å². The molecule has 1 heterocycles. The highest BCUT2D eigenvalue weighted by Gasteiger charge is 2.28. The van der Waals surface area contributed by atoms with Gasteiger partial charge in [-0.1, -0.05) is 31.5 Å². The molecule has 1 atom stereocenters. The van der Waals surface area contributed by atoms with Gasteiger partial charge in [0.1, 0.15) is 17.4 Å². The maximum atomic E-state index is 12.6. The Morgan fingerprint density at radius 1 is 1.03 bits per heavy atom. The maximum absolute atomic E-state index is 12.6. The lowest BCUT2D eigenvalue weighted by Crippen LogP contribution is -2.23. The first-order chi connectivity index (χ1) is 14.2. The topological polar surface area (TPSA) is 73.3 Å². The monoisotopic (exact) mass is 413 g/mol. The van der Waals surface area contributed by atoms with E-state index in [0.717, 1.165) is 29.7 Å². The van der Waals surface area contributed by atoms with E-state index in [1.54, 1.807) is 6.92 Å². The third-order valence-corrected chi connectivity index (χ3v) is 5.23. The number of aryl methyl sites for hydroxylation is 4. The normalized spacial score (nSPS) is 12.0. The van der Waals surface area contributed by atoms with Gasteiger partial charge in [-0.3, -0.25) is 4.79 Å². The molecule has 2 aromatic rings. The molecular weight excluding hydrogens is 378 g/mol. The van der Waals surface area contributed by atoms with Crippen LogP contribution in [0.4, 0.5) is 5.82 Å². The molecule has 0 bridgehead atoms. The highest BCUT2D eigenvalue weighted by molar-refractivity contribution is 5.81. The standard InChI is InChI=1S/C24H35N3O3/c1-9-19(10-2)27-22-20(17(7)24(28)29-11-3)23(26-18(8)25-22)30-21-15(5)12-14(4)13-16(21)6/h12-13,17,19H,9-11H2,1-8H3,(H,25,26,27). The number of carbonyl (C=O) groups excluding carboxylic acids is 1. The van der Waals surface area contributed by atoms with Gasteiger partial charge in [0.2, 0.25) is 5.88 Å². The molecule has 30 heavy (non-hydrogen) atoms. The Kier molecular flexibility index (Phi) is 8.21. The van der Waals surface area contributed by atoms with Crippen LogP contribution in [0.5, 0.6) is 11.6 Å². The number of nitrogens with one attached hydrogen (secondary N) is 1. The van der Waals surface area contributed by atoms with Gasteiger partial charge in [0.25, 0.3) is 0 Å². The second kappa shape index (κ2) is 10.4. The van der Waals surface area contributed by atoms with E-state index >= 15 is 0 Å². The zero-order chi connectivity index (χ0) is 22.4. The Labute approximate surface area is 180 Å². The van der Waals surface area contributed by atoms with E-state index in [9.17, 15) is 4.79 Å². The Morgan fingerprint density at radius 3 is 2.17 bits per heavy atom. The molecule has 1 aromatic carbocycles. The van der Waals surface area contributed by atoms with Gasteiger partial charge < -0.3 is 14.8 Å². The Bertz CT molecular complexity index is 869. The van der Waals surface area contributed by atoms with Crippen molar-refractivity contribution in [3.05, 3.63) is 40.2 Å². The van der Waals surface area contributed by atoms with Crippen molar-refractivity contribution < 1.29 is 14.3 Å². The number of aromatic nitrogens is 2. The molecule has 1 unspecified atom stereocenters. The van der Waals surface area contributed by atoms with E-state index in [2.05, 4.69) is 48.2 Å². The second-order valence-electron chi connectivity index (χ2n) is 7.80. The first-order valence-electron chi connectivity index (χ1n) is 10.8. The third kappa shape index (κ3) is 5.49. The van der Waals surface area contributed by atoms with Gasteiger partial charge in [-0.2, -0.15) is 4.98 Å². The van der Waals surface area contributed by atoms with Crippen LogP contribution in [-0.4, -0.2) is 28.6 Å². The smallest absolute Gasteiger partial charge is 0.313 e. The minimum Gasteiger partial charge on any atom is -0.466 e. The minimum absolute atomic E-state index is 0.239. The summed E-state index contributed by atoms with van der Waals surface area (Å²) in [5.41, 5.74) is 3.85. The SMILES string of the molecule is CCOC(=O)C(C)c1c(NC(CC)CC)nc(C)nc1Oc1c(C)cc(C)cc1C.